The van der Waals surface area contributed by atoms with E-state index < -0.39 is 5.97 Å². The molecule has 6 heteroatoms. The van der Waals surface area contributed by atoms with Crippen molar-refractivity contribution in [2.45, 2.75) is 20.0 Å². The Morgan fingerprint density at radius 1 is 1.50 bits per heavy atom. The smallest absolute Gasteiger partial charge is 0.341 e. The summed E-state index contributed by atoms with van der Waals surface area (Å²) in [6, 6.07) is 1.77. The summed E-state index contributed by atoms with van der Waals surface area (Å²) in [5.74, 6) is 0.166. The minimum Gasteiger partial charge on any atom is -0.465 e. The Balaban J connectivity index is 2.47. The van der Waals surface area contributed by atoms with Gasteiger partial charge in [0.2, 0.25) is 0 Å². The molecule has 110 valence electrons. The molecule has 0 amide bonds. The van der Waals surface area contributed by atoms with Crippen molar-refractivity contribution < 1.29 is 19.4 Å². The van der Waals surface area contributed by atoms with Crippen LogP contribution in [0.5, 0.6) is 0 Å². The summed E-state index contributed by atoms with van der Waals surface area (Å²) in [5.41, 5.74) is 1.93. The van der Waals surface area contributed by atoms with Crippen LogP contribution in [0.25, 0.3) is 0 Å². The largest absolute Gasteiger partial charge is 0.465 e. The van der Waals surface area contributed by atoms with E-state index in [1.54, 1.807) is 6.07 Å². The lowest BCUT2D eigenvalue weighted by Crippen LogP contribution is -2.38. The Morgan fingerprint density at radius 2 is 2.20 bits per heavy atom. The predicted octanol–water partition coefficient (Wildman–Crippen LogP) is 0.759. The fourth-order valence-corrected chi connectivity index (χ4v) is 2.30. The normalized spacial score (nSPS) is 15.2. The zero-order valence-electron chi connectivity index (χ0n) is 11.9. The summed E-state index contributed by atoms with van der Waals surface area (Å²) in [6.07, 6.45) is 0.705. The monoisotopic (exact) mass is 280 g/mol. The van der Waals surface area contributed by atoms with Crippen molar-refractivity contribution in [3.05, 3.63) is 22.9 Å². The number of anilines is 1. The van der Waals surface area contributed by atoms with E-state index in [1.165, 1.54) is 7.11 Å². The standard InChI is InChI=1S/C14H20N2O4/c1-3-10-8-11(14(18)19-2)13(15-12(10)9-17)16-4-6-20-7-5-16/h8,17H,3-7,9H2,1-2H3. The highest BCUT2D eigenvalue weighted by atomic mass is 16.5. The first-order valence-corrected chi connectivity index (χ1v) is 6.75. The van der Waals surface area contributed by atoms with Crippen molar-refractivity contribution in [2.75, 3.05) is 38.3 Å². The molecular formula is C14H20N2O4. The molecule has 0 bridgehead atoms. The Hall–Kier alpha value is -1.66. The fourth-order valence-electron chi connectivity index (χ4n) is 2.30. The van der Waals surface area contributed by atoms with Gasteiger partial charge in [-0.05, 0) is 18.1 Å². The lowest BCUT2D eigenvalue weighted by Gasteiger charge is -2.29. The Kier molecular flexibility index (Phi) is 4.92. The van der Waals surface area contributed by atoms with Crippen molar-refractivity contribution in [3.8, 4) is 0 Å². The average molecular weight is 280 g/mol. The summed E-state index contributed by atoms with van der Waals surface area (Å²) in [6.45, 7) is 4.38. The zero-order chi connectivity index (χ0) is 14.5. The molecule has 1 fully saturated rings. The van der Waals surface area contributed by atoms with Gasteiger partial charge in [-0.15, -0.1) is 0 Å². The first-order chi connectivity index (χ1) is 9.71. The average Bonchev–Trinajstić information content (AvgIpc) is 2.53. The van der Waals surface area contributed by atoms with Gasteiger partial charge in [-0.3, -0.25) is 0 Å². The van der Waals surface area contributed by atoms with Gasteiger partial charge in [0.1, 0.15) is 11.4 Å². The van der Waals surface area contributed by atoms with Crippen molar-refractivity contribution in [2.24, 2.45) is 0 Å². The third-order valence-corrected chi connectivity index (χ3v) is 3.42. The van der Waals surface area contributed by atoms with Crippen molar-refractivity contribution >= 4 is 11.8 Å². The van der Waals surface area contributed by atoms with Gasteiger partial charge in [-0.2, -0.15) is 0 Å². The molecule has 1 aliphatic heterocycles. The van der Waals surface area contributed by atoms with Crippen LogP contribution in [-0.2, 0) is 22.5 Å². The molecule has 0 aliphatic carbocycles. The van der Waals surface area contributed by atoms with E-state index in [9.17, 15) is 9.90 Å². The molecule has 20 heavy (non-hydrogen) atoms. The molecule has 2 rings (SSSR count). The number of morpholine rings is 1. The molecule has 0 saturated carbocycles. The van der Waals surface area contributed by atoms with Gasteiger partial charge < -0.3 is 19.5 Å². The minimum atomic E-state index is -0.404. The van der Waals surface area contributed by atoms with E-state index in [0.717, 1.165) is 5.56 Å². The Labute approximate surface area is 118 Å². The van der Waals surface area contributed by atoms with E-state index in [2.05, 4.69) is 4.98 Å². The van der Waals surface area contributed by atoms with Crippen molar-refractivity contribution in [3.63, 3.8) is 0 Å². The molecule has 0 atom stereocenters. The number of aryl methyl sites for hydroxylation is 1. The maximum absolute atomic E-state index is 12.0. The number of aromatic nitrogens is 1. The number of pyridine rings is 1. The molecule has 1 aromatic rings. The topological polar surface area (TPSA) is 71.9 Å². The summed E-state index contributed by atoms with van der Waals surface area (Å²) in [4.78, 5) is 18.4. The highest BCUT2D eigenvalue weighted by Gasteiger charge is 2.23. The van der Waals surface area contributed by atoms with Crippen LogP contribution in [0.2, 0.25) is 0 Å². The number of carbonyl (C=O) groups is 1. The maximum Gasteiger partial charge on any atom is 0.341 e. The molecule has 0 aromatic carbocycles. The summed E-state index contributed by atoms with van der Waals surface area (Å²) in [5, 5.41) is 9.44. The number of aliphatic hydroxyl groups is 1. The first kappa shape index (κ1) is 14.7. The molecule has 0 spiro atoms. The van der Waals surface area contributed by atoms with E-state index in [0.29, 0.717) is 49.8 Å². The van der Waals surface area contributed by atoms with Crippen LogP contribution in [0.15, 0.2) is 6.07 Å². The second kappa shape index (κ2) is 6.67. The molecule has 1 N–H and O–H groups in total. The maximum atomic E-state index is 12.0. The highest BCUT2D eigenvalue weighted by Crippen LogP contribution is 2.24. The van der Waals surface area contributed by atoms with E-state index in [1.807, 2.05) is 11.8 Å². The van der Waals surface area contributed by atoms with E-state index >= 15 is 0 Å². The number of rotatable bonds is 4. The van der Waals surface area contributed by atoms with Gasteiger partial charge in [0, 0.05) is 13.1 Å². The fraction of sp³-hybridized carbons (Fsp3) is 0.571. The van der Waals surface area contributed by atoms with Gasteiger partial charge in [0.15, 0.2) is 0 Å². The molecule has 2 heterocycles. The quantitative estimate of drug-likeness (QED) is 0.821. The van der Waals surface area contributed by atoms with Crippen LogP contribution in [-0.4, -0.2) is 49.5 Å². The van der Waals surface area contributed by atoms with Crippen LogP contribution >= 0.6 is 0 Å². The first-order valence-electron chi connectivity index (χ1n) is 6.75. The molecule has 0 unspecified atom stereocenters. The second-order valence-corrected chi connectivity index (χ2v) is 4.57. The number of methoxy groups -OCH3 is 1. The van der Waals surface area contributed by atoms with Gasteiger partial charge in [-0.25, -0.2) is 9.78 Å². The SMILES string of the molecule is CCc1cc(C(=O)OC)c(N2CCOCC2)nc1CO. The number of hydrogen-bond acceptors (Lipinski definition) is 6. The highest BCUT2D eigenvalue weighted by molar-refractivity contribution is 5.95. The number of carbonyl (C=O) groups excluding carboxylic acids is 1. The predicted molar refractivity (Wildman–Crippen MR) is 73.9 cm³/mol. The van der Waals surface area contributed by atoms with Crippen LogP contribution in [0.1, 0.15) is 28.5 Å². The number of nitrogens with zero attached hydrogens (tertiary/aromatic N) is 2. The number of hydrogen-bond donors (Lipinski definition) is 1. The molecule has 1 aliphatic rings. The van der Waals surface area contributed by atoms with Gasteiger partial charge in [-0.1, -0.05) is 6.92 Å². The number of aliphatic hydroxyl groups excluding tert-OH is 1. The molecular weight excluding hydrogens is 260 g/mol. The molecule has 0 radical (unpaired) electrons. The molecule has 1 aromatic heterocycles. The van der Waals surface area contributed by atoms with E-state index in [-0.39, 0.29) is 6.61 Å². The Bertz CT molecular complexity index is 484. The van der Waals surface area contributed by atoms with Crippen molar-refractivity contribution in [1.29, 1.82) is 0 Å². The van der Waals surface area contributed by atoms with E-state index in [4.69, 9.17) is 9.47 Å². The van der Waals surface area contributed by atoms with Crippen LogP contribution in [0.3, 0.4) is 0 Å². The Morgan fingerprint density at radius 3 is 2.75 bits per heavy atom. The van der Waals surface area contributed by atoms with Crippen LogP contribution in [0.4, 0.5) is 5.82 Å². The summed E-state index contributed by atoms with van der Waals surface area (Å²) >= 11 is 0. The zero-order valence-corrected chi connectivity index (χ0v) is 11.9. The van der Waals surface area contributed by atoms with Crippen LogP contribution < -0.4 is 4.90 Å². The molecule has 6 nitrogen and oxygen atoms in total. The minimum absolute atomic E-state index is 0.137. The second-order valence-electron chi connectivity index (χ2n) is 4.57. The summed E-state index contributed by atoms with van der Waals surface area (Å²) in [7, 11) is 1.36. The van der Waals surface area contributed by atoms with Crippen molar-refractivity contribution in [1.82, 2.24) is 4.98 Å². The summed E-state index contributed by atoms with van der Waals surface area (Å²) < 4.78 is 10.2. The van der Waals surface area contributed by atoms with Gasteiger partial charge >= 0.3 is 5.97 Å². The van der Waals surface area contributed by atoms with Crippen LogP contribution in [0, 0.1) is 0 Å². The number of ether oxygens (including phenoxy) is 2. The lowest BCUT2D eigenvalue weighted by atomic mass is 10.1. The number of esters is 1. The third kappa shape index (κ3) is 2.91. The third-order valence-electron chi connectivity index (χ3n) is 3.42. The lowest BCUT2D eigenvalue weighted by molar-refractivity contribution is 0.0599. The van der Waals surface area contributed by atoms with Gasteiger partial charge in [0.25, 0.3) is 0 Å². The van der Waals surface area contributed by atoms with Gasteiger partial charge in [0.05, 0.1) is 32.6 Å². The molecule has 1 saturated heterocycles.